The minimum Gasteiger partial charge on any atom is -0.488 e. The summed E-state index contributed by atoms with van der Waals surface area (Å²) in [5, 5.41) is 0. The van der Waals surface area contributed by atoms with Crippen LogP contribution in [0.5, 0.6) is 5.75 Å². The summed E-state index contributed by atoms with van der Waals surface area (Å²) in [5.41, 5.74) is -0.666. The van der Waals surface area contributed by atoms with Gasteiger partial charge >= 0.3 is 6.09 Å². The first-order chi connectivity index (χ1) is 15.2. The molecule has 0 saturated carbocycles. The van der Waals surface area contributed by atoms with Gasteiger partial charge in [-0.2, -0.15) is 0 Å². The Morgan fingerprint density at radius 3 is 2.53 bits per heavy atom. The smallest absolute Gasteiger partial charge is 0.411 e. The van der Waals surface area contributed by atoms with Crippen LogP contribution >= 0.6 is 0 Å². The second-order valence-corrected chi connectivity index (χ2v) is 10.1. The van der Waals surface area contributed by atoms with Crippen molar-refractivity contribution < 1.29 is 23.5 Å². The fraction of sp³-hybridized carbons (Fsp3) is 0.667. The minimum atomic E-state index is -0.666. The third kappa shape index (κ3) is 5.34. The summed E-state index contributed by atoms with van der Waals surface area (Å²) in [6.07, 6.45) is 2.84. The van der Waals surface area contributed by atoms with Gasteiger partial charge in [0.1, 0.15) is 29.3 Å². The van der Waals surface area contributed by atoms with E-state index in [9.17, 15) is 14.0 Å². The van der Waals surface area contributed by atoms with Crippen LogP contribution < -0.4 is 4.74 Å². The number of halogens is 1. The van der Waals surface area contributed by atoms with Crippen molar-refractivity contribution in [3.05, 3.63) is 30.1 Å². The van der Waals surface area contributed by atoms with Crippen molar-refractivity contribution in [3.8, 4) is 5.75 Å². The molecule has 3 fully saturated rings. The van der Waals surface area contributed by atoms with Crippen molar-refractivity contribution in [2.24, 2.45) is 0 Å². The lowest BCUT2D eigenvalue weighted by Gasteiger charge is -2.30. The molecule has 1 unspecified atom stereocenters. The van der Waals surface area contributed by atoms with Gasteiger partial charge in [0.05, 0.1) is 6.54 Å². The second-order valence-electron chi connectivity index (χ2n) is 10.1. The van der Waals surface area contributed by atoms with Gasteiger partial charge < -0.3 is 14.4 Å². The molecule has 0 aromatic heterocycles. The zero-order chi connectivity index (χ0) is 22.9. The van der Waals surface area contributed by atoms with E-state index in [0.717, 1.165) is 19.5 Å². The molecule has 8 heteroatoms. The minimum absolute atomic E-state index is 0.0529. The van der Waals surface area contributed by atoms with Gasteiger partial charge in [-0.05, 0) is 65.3 Å². The maximum atomic E-state index is 13.6. The second kappa shape index (κ2) is 9.25. The monoisotopic (exact) mass is 447 g/mol. The molecular formula is C24H34FN3O4. The van der Waals surface area contributed by atoms with E-state index in [1.165, 1.54) is 29.9 Å². The van der Waals surface area contributed by atoms with Crippen LogP contribution in [-0.4, -0.2) is 83.2 Å². The number of rotatable bonds is 4. The Morgan fingerprint density at radius 1 is 1.09 bits per heavy atom. The molecular weight excluding hydrogens is 413 g/mol. The zero-order valence-electron chi connectivity index (χ0n) is 19.3. The number of hydrogen-bond acceptors (Lipinski definition) is 5. The van der Waals surface area contributed by atoms with Gasteiger partial charge in [0.2, 0.25) is 5.91 Å². The molecule has 0 spiro atoms. The van der Waals surface area contributed by atoms with E-state index >= 15 is 0 Å². The summed E-state index contributed by atoms with van der Waals surface area (Å²) in [6.45, 7) is 9.25. The number of ether oxygens (including phenoxy) is 2. The van der Waals surface area contributed by atoms with Crippen molar-refractivity contribution >= 4 is 12.0 Å². The molecule has 1 aromatic carbocycles. The van der Waals surface area contributed by atoms with Gasteiger partial charge in [-0.1, -0.05) is 6.07 Å². The third-order valence-electron chi connectivity index (χ3n) is 6.41. The van der Waals surface area contributed by atoms with Gasteiger partial charge in [0.25, 0.3) is 0 Å². The molecule has 0 radical (unpaired) electrons. The molecule has 1 aromatic rings. The SMILES string of the molecule is CC(C)(C)OC(=O)N1C[C@@H](Oc2cccc(F)c2)C[C@@H]1C(=O)N1CCC(N2CCCC2)C1. The number of carbonyl (C=O) groups is 2. The largest absolute Gasteiger partial charge is 0.488 e. The lowest BCUT2D eigenvalue weighted by atomic mass is 10.1. The molecule has 0 aliphatic carbocycles. The quantitative estimate of drug-likeness (QED) is 0.709. The standard InChI is InChI=1S/C24H34FN3O4/c1-24(2,3)32-23(30)28-16-20(31-19-8-6-7-17(25)13-19)14-21(28)22(29)27-12-9-18(15-27)26-10-4-5-11-26/h6-8,13,18,20-21H,4-5,9-12,14-16H2,1-3H3/t18?,20-,21+/m0/s1. The Labute approximate surface area is 189 Å². The van der Waals surface area contributed by atoms with Crippen LogP contribution in [0.2, 0.25) is 0 Å². The predicted molar refractivity (Wildman–Crippen MR) is 118 cm³/mol. The van der Waals surface area contributed by atoms with Crippen molar-refractivity contribution in [1.29, 1.82) is 0 Å². The number of benzene rings is 1. The molecule has 3 aliphatic heterocycles. The highest BCUT2D eigenvalue weighted by atomic mass is 19.1. The van der Waals surface area contributed by atoms with Crippen LogP contribution in [0.15, 0.2) is 24.3 Å². The lowest BCUT2D eigenvalue weighted by Crippen LogP contribution is -2.49. The molecule has 32 heavy (non-hydrogen) atoms. The molecule has 0 N–H and O–H groups in total. The van der Waals surface area contributed by atoms with Crippen LogP contribution in [0.4, 0.5) is 9.18 Å². The fourth-order valence-electron chi connectivity index (χ4n) is 4.93. The normalized spacial score (nSPS) is 26.6. The number of hydrogen-bond donors (Lipinski definition) is 0. The van der Waals surface area contributed by atoms with Gasteiger partial charge in [-0.3, -0.25) is 14.6 Å². The topological polar surface area (TPSA) is 62.3 Å². The maximum Gasteiger partial charge on any atom is 0.411 e. The number of nitrogens with zero attached hydrogens (tertiary/aromatic N) is 3. The van der Waals surface area contributed by atoms with E-state index < -0.39 is 23.8 Å². The zero-order valence-corrected chi connectivity index (χ0v) is 19.3. The first-order valence-electron chi connectivity index (χ1n) is 11.6. The third-order valence-corrected chi connectivity index (χ3v) is 6.41. The average molecular weight is 448 g/mol. The van der Waals surface area contributed by atoms with E-state index in [1.807, 2.05) is 4.90 Å². The van der Waals surface area contributed by atoms with E-state index in [-0.39, 0.29) is 18.3 Å². The van der Waals surface area contributed by atoms with Crippen molar-refractivity contribution in [2.75, 3.05) is 32.7 Å². The summed E-state index contributed by atoms with van der Waals surface area (Å²) in [7, 11) is 0. The summed E-state index contributed by atoms with van der Waals surface area (Å²) >= 11 is 0. The Bertz CT molecular complexity index is 837. The van der Waals surface area contributed by atoms with Crippen molar-refractivity contribution in [3.63, 3.8) is 0 Å². The molecule has 3 heterocycles. The summed E-state index contributed by atoms with van der Waals surface area (Å²) in [4.78, 5) is 32.3. The lowest BCUT2D eigenvalue weighted by molar-refractivity contribution is -0.135. The molecule has 2 amide bonds. The molecule has 3 saturated heterocycles. The predicted octanol–water partition coefficient (Wildman–Crippen LogP) is 3.28. The first kappa shape index (κ1) is 22.8. The van der Waals surface area contributed by atoms with Gasteiger partial charge in [-0.25, -0.2) is 9.18 Å². The molecule has 7 nitrogen and oxygen atoms in total. The van der Waals surface area contributed by atoms with E-state index in [2.05, 4.69) is 4.90 Å². The molecule has 3 aliphatic rings. The van der Waals surface area contributed by atoms with Crippen LogP contribution in [0.3, 0.4) is 0 Å². The van der Waals surface area contributed by atoms with Crippen LogP contribution in [0.25, 0.3) is 0 Å². The Kier molecular flexibility index (Phi) is 6.60. The highest BCUT2D eigenvalue weighted by Gasteiger charge is 2.45. The maximum absolute atomic E-state index is 13.6. The average Bonchev–Trinajstić information content (AvgIpc) is 3.46. The van der Waals surface area contributed by atoms with Crippen molar-refractivity contribution in [1.82, 2.24) is 14.7 Å². The summed E-state index contributed by atoms with van der Waals surface area (Å²) in [5.74, 6) is -0.0486. The van der Waals surface area contributed by atoms with Gasteiger partial charge in [-0.15, -0.1) is 0 Å². The molecule has 176 valence electrons. The molecule has 4 rings (SSSR count). The van der Waals surface area contributed by atoms with Crippen LogP contribution in [0.1, 0.15) is 46.5 Å². The fourth-order valence-corrected chi connectivity index (χ4v) is 4.93. The Balaban J connectivity index is 1.46. The highest BCUT2D eigenvalue weighted by Crippen LogP contribution is 2.29. The first-order valence-corrected chi connectivity index (χ1v) is 11.6. The Morgan fingerprint density at radius 2 is 1.84 bits per heavy atom. The Hall–Kier alpha value is -2.35. The van der Waals surface area contributed by atoms with Crippen molar-refractivity contribution in [2.45, 2.75) is 70.2 Å². The van der Waals surface area contributed by atoms with Crippen LogP contribution in [0, 0.1) is 5.82 Å². The van der Waals surface area contributed by atoms with Crippen LogP contribution in [-0.2, 0) is 9.53 Å². The summed E-state index contributed by atoms with van der Waals surface area (Å²) in [6, 6.07) is 5.69. The van der Waals surface area contributed by atoms with Gasteiger partial charge in [0.15, 0.2) is 0 Å². The molecule has 3 atom stereocenters. The van der Waals surface area contributed by atoms with Gasteiger partial charge in [0, 0.05) is 31.6 Å². The number of amides is 2. The highest BCUT2D eigenvalue weighted by molar-refractivity contribution is 5.86. The molecule has 0 bridgehead atoms. The van der Waals surface area contributed by atoms with E-state index in [0.29, 0.717) is 31.3 Å². The van der Waals surface area contributed by atoms with E-state index in [4.69, 9.17) is 9.47 Å². The number of likely N-dealkylation sites (tertiary alicyclic amines) is 3. The summed E-state index contributed by atoms with van der Waals surface area (Å²) < 4.78 is 25.1. The van der Waals surface area contributed by atoms with E-state index in [1.54, 1.807) is 32.9 Å². The number of carbonyl (C=O) groups excluding carboxylic acids is 2.